The van der Waals surface area contributed by atoms with Crippen LogP contribution in [0.15, 0.2) is 46.9 Å². The number of nitrogens with one attached hydrogen (secondary N) is 2. The molecule has 0 fully saturated rings. The number of carbonyl (C=O) groups is 2. The van der Waals surface area contributed by atoms with Crippen molar-refractivity contribution < 1.29 is 9.59 Å². The minimum absolute atomic E-state index is 0.441. The van der Waals surface area contributed by atoms with Crippen molar-refractivity contribution in [2.75, 3.05) is 7.05 Å². The van der Waals surface area contributed by atoms with Gasteiger partial charge in [-0.15, -0.1) is 0 Å². The lowest BCUT2D eigenvalue weighted by atomic mass is 10.0. The van der Waals surface area contributed by atoms with E-state index in [4.69, 9.17) is 11.6 Å². The number of benzene rings is 2. The fourth-order valence-electron chi connectivity index (χ4n) is 2.82. The predicted octanol–water partition coefficient (Wildman–Crippen LogP) is 4.30. The SMILES string of the molecule is CNC(=O)C(=O)c1c(CCc2ccc(Cl)cc2)[nH]c2cc(Br)ccc12. The van der Waals surface area contributed by atoms with E-state index < -0.39 is 11.7 Å². The highest BCUT2D eigenvalue weighted by Gasteiger charge is 2.23. The van der Waals surface area contributed by atoms with Gasteiger partial charge in [-0.2, -0.15) is 0 Å². The van der Waals surface area contributed by atoms with Gasteiger partial charge in [0.2, 0.25) is 0 Å². The van der Waals surface area contributed by atoms with Gasteiger partial charge in [0.25, 0.3) is 11.7 Å². The number of carbonyl (C=O) groups excluding carboxylic acids is 2. The second-order valence-electron chi connectivity index (χ2n) is 5.70. The Kier molecular flexibility index (Phi) is 5.25. The summed E-state index contributed by atoms with van der Waals surface area (Å²) in [4.78, 5) is 27.7. The molecule has 128 valence electrons. The highest BCUT2D eigenvalue weighted by atomic mass is 79.9. The van der Waals surface area contributed by atoms with E-state index in [1.807, 2.05) is 42.5 Å². The molecule has 0 saturated carbocycles. The van der Waals surface area contributed by atoms with Crippen molar-refractivity contribution in [2.24, 2.45) is 0 Å². The van der Waals surface area contributed by atoms with Crippen molar-refractivity contribution >= 4 is 50.1 Å². The highest BCUT2D eigenvalue weighted by molar-refractivity contribution is 9.10. The normalized spacial score (nSPS) is 10.8. The van der Waals surface area contributed by atoms with Crippen molar-refractivity contribution in [2.45, 2.75) is 12.8 Å². The van der Waals surface area contributed by atoms with E-state index in [1.165, 1.54) is 7.05 Å². The van der Waals surface area contributed by atoms with Crippen molar-refractivity contribution in [3.05, 3.63) is 68.8 Å². The first-order valence-electron chi connectivity index (χ1n) is 7.80. The third kappa shape index (κ3) is 3.78. The van der Waals surface area contributed by atoms with Gasteiger partial charge >= 0.3 is 0 Å². The van der Waals surface area contributed by atoms with Crippen LogP contribution >= 0.6 is 27.5 Å². The van der Waals surface area contributed by atoms with Crippen LogP contribution in [-0.4, -0.2) is 23.7 Å². The molecule has 0 aliphatic heterocycles. The molecule has 1 heterocycles. The Hall–Kier alpha value is -2.11. The van der Waals surface area contributed by atoms with Crippen LogP contribution in [0, 0.1) is 0 Å². The van der Waals surface area contributed by atoms with E-state index in [2.05, 4.69) is 26.2 Å². The maximum Gasteiger partial charge on any atom is 0.292 e. The summed E-state index contributed by atoms with van der Waals surface area (Å²) in [6, 6.07) is 13.2. The number of fused-ring (bicyclic) bond motifs is 1. The molecular weight excluding hydrogens is 404 g/mol. The maximum atomic E-state index is 12.6. The van der Waals surface area contributed by atoms with Crippen LogP contribution in [0.3, 0.4) is 0 Å². The van der Waals surface area contributed by atoms with Crippen molar-refractivity contribution in [1.29, 1.82) is 0 Å². The second-order valence-corrected chi connectivity index (χ2v) is 7.06. The van der Waals surface area contributed by atoms with Crippen LogP contribution < -0.4 is 5.32 Å². The molecule has 0 saturated heterocycles. The number of hydrogen-bond acceptors (Lipinski definition) is 2. The number of Topliss-reactive ketones (excluding diaryl/α,β-unsaturated/α-hetero) is 1. The molecule has 0 spiro atoms. The first kappa shape index (κ1) is 17.7. The van der Waals surface area contributed by atoms with Gasteiger partial charge in [0.05, 0.1) is 5.56 Å². The summed E-state index contributed by atoms with van der Waals surface area (Å²) in [5, 5.41) is 3.85. The molecule has 1 amide bonds. The van der Waals surface area contributed by atoms with Crippen LogP contribution in [0.2, 0.25) is 5.02 Å². The van der Waals surface area contributed by atoms with E-state index in [0.717, 1.165) is 33.1 Å². The van der Waals surface area contributed by atoms with Crippen molar-refractivity contribution in [3.63, 3.8) is 0 Å². The third-order valence-electron chi connectivity index (χ3n) is 4.08. The minimum atomic E-state index is -0.614. The minimum Gasteiger partial charge on any atom is -0.358 e. The van der Waals surface area contributed by atoms with Gasteiger partial charge in [0, 0.05) is 33.1 Å². The number of aromatic amines is 1. The standard InChI is InChI=1S/C19H16BrClN2O2/c1-22-19(25)18(24)17-14-8-5-12(20)10-16(14)23-15(17)9-4-11-2-6-13(21)7-3-11/h2-3,5-8,10,23H,4,9H2,1H3,(H,22,25). The summed E-state index contributed by atoms with van der Waals surface area (Å²) < 4.78 is 0.907. The number of hydrogen-bond donors (Lipinski definition) is 2. The fourth-order valence-corrected chi connectivity index (χ4v) is 3.31. The average Bonchev–Trinajstić information content (AvgIpc) is 2.97. The average molecular weight is 420 g/mol. The molecular formula is C19H16BrClN2O2. The quantitative estimate of drug-likeness (QED) is 0.478. The number of aromatic nitrogens is 1. The summed E-state index contributed by atoms with van der Waals surface area (Å²) in [5.74, 6) is -1.14. The van der Waals surface area contributed by atoms with E-state index in [-0.39, 0.29) is 0 Å². The molecule has 6 heteroatoms. The number of ketones is 1. The first-order chi connectivity index (χ1) is 12.0. The molecule has 4 nitrogen and oxygen atoms in total. The lowest BCUT2D eigenvalue weighted by Gasteiger charge is -2.04. The van der Waals surface area contributed by atoms with Gasteiger partial charge < -0.3 is 10.3 Å². The van der Waals surface area contributed by atoms with Gasteiger partial charge in [-0.1, -0.05) is 45.7 Å². The highest BCUT2D eigenvalue weighted by Crippen LogP contribution is 2.27. The Bertz CT molecular complexity index is 948. The van der Waals surface area contributed by atoms with Gasteiger partial charge in [0.15, 0.2) is 0 Å². The first-order valence-corrected chi connectivity index (χ1v) is 8.97. The van der Waals surface area contributed by atoms with Gasteiger partial charge in [-0.25, -0.2) is 0 Å². The van der Waals surface area contributed by atoms with Crippen LogP contribution in [0.5, 0.6) is 0 Å². The van der Waals surface area contributed by atoms with Crippen molar-refractivity contribution in [1.82, 2.24) is 10.3 Å². The zero-order chi connectivity index (χ0) is 18.0. The molecule has 0 radical (unpaired) electrons. The topological polar surface area (TPSA) is 62.0 Å². The maximum absolute atomic E-state index is 12.6. The number of rotatable bonds is 5. The number of aryl methyl sites for hydroxylation is 2. The Morgan fingerprint density at radius 2 is 1.84 bits per heavy atom. The molecule has 0 atom stereocenters. The van der Waals surface area contributed by atoms with Crippen LogP contribution in [0.25, 0.3) is 10.9 Å². The lowest BCUT2D eigenvalue weighted by Crippen LogP contribution is -2.28. The molecule has 0 unspecified atom stereocenters. The summed E-state index contributed by atoms with van der Waals surface area (Å²) in [5.41, 5.74) is 3.14. The molecule has 0 bridgehead atoms. The molecule has 3 aromatic rings. The van der Waals surface area contributed by atoms with Crippen molar-refractivity contribution in [3.8, 4) is 0 Å². The molecule has 3 rings (SSSR count). The fraction of sp³-hybridized carbons (Fsp3) is 0.158. The Morgan fingerprint density at radius 3 is 2.52 bits per heavy atom. The Balaban J connectivity index is 1.99. The molecule has 25 heavy (non-hydrogen) atoms. The number of likely N-dealkylation sites (N-methyl/N-ethyl adjacent to an activating group) is 1. The van der Waals surface area contributed by atoms with Gasteiger partial charge in [-0.05, 0) is 42.7 Å². The zero-order valence-electron chi connectivity index (χ0n) is 13.5. The number of halogens is 2. The largest absolute Gasteiger partial charge is 0.358 e. The zero-order valence-corrected chi connectivity index (χ0v) is 15.9. The van der Waals surface area contributed by atoms with E-state index in [1.54, 1.807) is 0 Å². The smallest absolute Gasteiger partial charge is 0.292 e. The molecule has 2 N–H and O–H groups in total. The van der Waals surface area contributed by atoms with E-state index in [9.17, 15) is 9.59 Å². The second kappa shape index (κ2) is 7.42. The molecule has 1 aromatic heterocycles. The van der Waals surface area contributed by atoms with Crippen LogP contribution in [0.1, 0.15) is 21.6 Å². The summed E-state index contributed by atoms with van der Waals surface area (Å²) in [6.07, 6.45) is 1.35. The number of amides is 1. The van der Waals surface area contributed by atoms with Gasteiger partial charge in [0.1, 0.15) is 0 Å². The monoisotopic (exact) mass is 418 g/mol. The van der Waals surface area contributed by atoms with Crippen LogP contribution in [0.4, 0.5) is 0 Å². The summed E-state index contributed by atoms with van der Waals surface area (Å²) in [7, 11) is 1.46. The summed E-state index contributed by atoms with van der Waals surface area (Å²) >= 11 is 9.35. The lowest BCUT2D eigenvalue weighted by molar-refractivity contribution is -0.116. The molecule has 0 aliphatic carbocycles. The molecule has 2 aromatic carbocycles. The Labute approximate surface area is 158 Å². The number of H-pyrrole nitrogens is 1. The van der Waals surface area contributed by atoms with Crippen LogP contribution in [-0.2, 0) is 17.6 Å². The Morgan fingerprint density at radius 1 is 1.12 bits per heavy atom. The van der Waals surface area contributed by atoms with E-state index in [0.29, 0.717) is 17.0 Å². The predicted molar refractivity (Wildman–Crippen MR) is 103 cm³/mol. The third-order valence-corrected chi connectivity index (χ3v) is 4.82. The molecule has 0 aliphatic rings. The summed E-state index contributed by atoms with van der Waals surface area (Å²) in [6.45, 7) is 0. The van der Waals surface area contributed by atoms with Gasteiger partial charge in [-0.3, -0.25) is 9.59 Å². The van der Waals surface area contributed by atoms with E-state index >= 15 is 0 Å².